The van der Waals surface area contributed by atoms with E-state index in [1.807, 2.05) is 0 Å². The van der Waals surface area contributed by atoms with Crippen molar-refractivity contribution in [1.82, 2.24) is 29.5 Å². The number of benzene rings is 2. The number of fused-ring (bicyclic) bond motifs is 4. The predicted octanol–water partition coefficient (Wildman–Crippen LogP) is 7.40. The summed E-state index contributed by atoms with van der Waals surface area (Å²) in [6.45, 7) is 0. The second-order valence-corrected chi connectivity index (χ2v) is 16.1. The van der Waals surface area contributed by atoms with Gasteiger partial charge >= 0.3 is 0 Å². The first-order valence-corrected chi connectivity index (χ1v) is 19.3. The average molecular weight is 815 g/mol. The maximum Gasteiger partial charge on any atom is 0.293 e. The van der Waals surface area contributed by atoms with Gasteiger partial charge in [-0.1, -0.05) is 23.7 Å². The Balaban J connectivity index is 1.44. The number of nitrogens with one attached hydrogen (secondary N) is 1. The Kier molecular flexibility index (Phi) is 8.91. The fraction of sp³-hybridized carbons (Fsp3) is 0.270. The molecule has 1 saturated carbocycles. The number of aryl methyl sites for hydroxylation is 1. The third-order valence-electron chi connectivity index (χ3n) is 10.2. The zero-order valence-electron chi connectivity index (χ0n) is 29.2. The van der Waals surface area contributed by atoms with Crippen molar-refractivity contribution in [2.45, 2.75) is 43.1 Å². The summed E-state index contributed by atoms with van der Waals surface area (Å²) in [7, 11) is -2.35. The van der Waals surface area contributed by atoms with Gasteiger partial charge in [0.25, 0.3) is 12.3 Å². The predicted molar refractivity (Wildman–Crippen MR) is 194 cm³/mol. The molecular formula is C37H29ClF6N8O3S. The molecule has 6 aromatic rings. The van der Waals surface area contributed by atoms with Crippen molar-refractivity contribution in [1.29, 1.82) is 0 Å². The van der Waals surface area contributed by atoms with Crippen LogP contribution in [0, 0.1) is 17.6 Å². The number of alkyl halides is 4. The van der Waals surface area contributed by atoms with Gasteiger partial charge in [0.15, 0.2) is 5.82 Å². The molecule has 4 heterocycles. The highest BCUT2D eigenvalue weighted by Gasteiger charge is 2.67. The van der Waals surface area contributed by atoms with Crippen LogP contribution in [0.15, 0.2) is 67.1 Å². The summed E-state index contributed by atoms with van der Waals surface area (Å²) in [5.74, 6) is -10.7. The van der Waals surface area contributed by atoms with E-state index in [9.17, 15) is 30.8 Å². The first-order valence-electron chi connectivity index (χ1n) is 17.0. The summed E-state index contributed by atoms with van der Waals surface area (Å²) >= 11 is 6.64. The largest absolute Gasteiger partial charge is 0.368 e. The van der Waals surface area contributed by atoms with Gasteiger partial charge in [0.2, 0.25) is 15.9 Å². The molecular weight excluding hydrogens is 786 g/mol. The Bertz CT molecular complexity index is 2670. The van der Waals surface area contributed by atoms with Gasteiger partial charge in [0.05, 0.1) is 27.9 Å². The highest BCUT2D eigenvalue weighted by Crippen LogP contribution is 2.68. The summed E-state index contributed by atoms with van der Waals surface area (Å²) in [6.07, 6.45) is 1.61. The fourth-order valence-electron chi connectivity index (χ4n) is 7.97. The van der Waals surface area contributed by atoms with Crippen molar-refractivity contribution in [3.8, 4) is 22.3 Å². The van der Waals surface area contributed by atoms with Gasteiger partial charge in [0.1, 0.15) is 29.1 Å². The Morgan fingerprint density at radius 1 is 1.04 bits per heavy atom. The number of rotatable bonds is 11. The second-order valence-electron chi connectivity index (χ2n) is 14.0. The Hall–Kier alpha value is -5.49. The van der Waals surface area contributed by atoms with E-state index in [-0.39, 0.29) is 50.5 Å². The number of carbonyl (C=O) groups excluding carboxylic acids is 1. The van der Waals surface area contributed by atoms with E-state index in [0.29, 0.717) is 27.4 Å². The van der Waals surface area contributed by atoms with Crippen molar-refractivity contribution in [3.05, 3.63) is 112 Å². The summed E-state index contributed by atoms with van der Waals surface area (Å²) in [5.41, 5.74) is 5.59. The minimum atomic E-state index is -3.87. The van der Waals surface area contributed by atoms with Crippen molar-refractivity contribution in [3.63, 3.8) is 0 Å². The molecule has 56 heavy (non-hydrogen) atoms. The third kappa shape index (κ3) is 6.33. The van der Waals surface area contributed by atoms with Crippen LogP contribution in [0.2, 0.25) is 5.02 Å². The van der Waals surface area contributed by atoms with Crippen LogP contribution in [-0.4, -0.2) is 50.1 Å². The molecule has 1 amide bonds. The van der Waals surface area contributed by atoms with E-state index in [4.69, 9.17) is 22.3 Å². The average Bonchev–Trinajstić information content (AvgIpc) is 3.65. The molecule has 0 saturated heterocycles. The molecule has 2 aliphatic carbocycles. The van der Waals surface area contributed by atoms with Gasteiger partial charge in [-0.15, -0.1) is 0 Å². The number of primary amides is 1. The zero-order chi connectivity index (χ0) is 40.0. The molecule has 0 aliphatic heterocycles. The Labute approximate surface area is 319 Å². The number of aromatic nitrogens is 6. The van der Waals surface area contributed by atoms with Crippen LogP contribution in [0.5, 0.6) is 0 Å². The normalized spacial score (nSPS) is 18.2. The van der Waals surface area contributed by atoms with Crippen LogP contribution in [0.4, 0.5) is 32.2 Å². The van der Waals surface area contributed by atoms with Crippen molar-refractivity contribution < 1.29 is 39.6 Å². The lowest BCUT2D eigenvalue weighted by atomic mass is 9.83. The number of carbonyl (C=O) groups is 1. The molecule has 2 aromatic carbocycles. The van der Waals surface area contributed by atoms with Crippen molar-refractivity contribution in [2.75, 3.05) is 11.0 Å². The summed E-state index contributed by atoms with van der Waals surface area (Å²) < 4.78 is 119. The fourth-order valence-corrected chi connectivity index (χ4v) is 8.70. The third-order valence-corrected chi connectivity index (χ3v) is 11.1. The maximum atomic E-state index is 16.0. The highest BCUT2D eigenvalue weighted by atomic mass is 35.5. The van der Waals surface area contributed by atoms with Gasteiger partial charge in [0, 0.05) is 71.4 Å². The zero-order valence-corrected chi connectivity index (χ0v) is 30.8. The number of anilines is 1. The molecule has 19 heteroatoms. The van der Waals surface area contributed by atoms with Gasteiger partial charge in [-0.2, -0.15) is 19.0 Å². The highest BCUT2D eigenvalue weighted by molar-refractivity contribution is 7.92. The number of hydrogen-bond donors (Lipinski definition) is 2. The van der Waals surface area contributed by atoms with E-state index in [1.54, 1.807) is 36.7 Å². The minimum absolute atomic E-state index is 0.0390. The van der Waals surface area contributed by atoms with Crippen LogP contribution in [0.3, 0.4) is 0 Å². The van der Waals surface area contributed by atoms with Gasteiger partial charge in [-0.25, -0.2) is 30.7 Å². The van der Waals surface area contributed by atoms with E-state index in [2.05, 4.69) is 19.9 Å². The molecule has 0 spiro atoms. The van der Waals surface area contributed by atoms with E-state index in [1.165, 1.54) is 24.0 Å². The second kappa shape index (κ2) is 13.3. The molecule has 11 nitrogen and oxygen atoms in total. The molecule has 3 N–H and O–H groups in total. The SMILES string of the molecule is Cn1nc(NS(C)(=O)=O)c2c(Cl)ccc(-c3cc(-c4cccnc4)cnc3[C@@H](Cc3cc(F)cc(F)c3)C(C(N)=O)n3nc(C(F)F)c4c3C(F)(F)[C@@H]3C[C@H]43)c21. The quantitative estimate of drug-likeness (QED) is 0.130. The molecule has 0 radical (unpaired) electrons. The molecule has 4 aromatic heterocycles. The molecule has 4 atom stereocenters. The molecule has 2 aliphatic rings. The molecule has 1 unspecified atom stereocenters. The van der Waals surface area contributed by atoms with E-state index < -0.39 is 81.5 Å². The van der Waals surface area contributed by atoms with Crippen LogP contribution >= 0.6 is 11.6 Å². The minimum Gasteiger partial charge on any atom is -0.368 e. The number of halogens is 7. The standard InChI is InChI=1S/C37H29ClF6N8O3S/c1-51-31-21(5-6-26(38)28(31)36(49-51)50-56(2,54)55)22-11-18(17-4-3-7-46-14-17)15-47-29(22)24(10-16-8-19(39)12-20(40)9-16)32(35(45)53)52-33-27(30(48-52)34(41)42)23-13-25(23)37(33,43)44/h3-9,11-12,14-15,23-25,32,34H,10,13H2,1-2H3,(H2,45,53)(H,49,50)/t23-,24+,25+,32?/m0/s1. The van der Waals surface area contributed by atoms with Crippen LogP contribution < -0.4 is 10.5 Å². The molecule has 8 rings (SSSR count). The van der Waals surface area contributed by atoms with Crippen LogP contribution in [0.1, 0.15) is 58.9 Å². The van der Waals surface area contributed by atoms with Gasteiger partial charge < -0.3 is 5.73 Å². The number of amides is 1. The lowest BCUT2D eigenvalue weighted by Gasteiger charge is -2.29. The van der Waals surface area contributed by atoms with Gasteiger partial charge in [-0.05, 0) is 54.7 Å². The molecule has 1 fully saturated rings. The smallest absolute Gasteiger partial charge is 0.293 e. The lowest BCUT2D eigenvalue weighted by molar-refractivity contribution is -0.122. The monoisotopic (exact) mass is 814 g/mol. The number of nitrogens with two attached hydrogens (primary N) is 1. The van der Waals surface area contributed by atoms with Crippen molar-refractivity contribution in [2.24, 2.45) is 18.7 Å². The Morgan fingerprint density at radius 2 is 1.77 bits per heavy atom. The lowest BCUT2D eigenvalue weighted by Crippen LogP contribution is -2.37. The molecule has 290 valence electrons. The maximum absolute atomic E-state index is 16.0. The van der Waals surface area contributed by atoms with Crippen molar-refractivity contribution >= 4 is 44.3 Å². The van der Waals surface area contributed by atoms with E-state index >= 15 is 8.78 Å². The Morgan fingerprint density at radius 3 is 2.41 bits per heavy atom. The first-order chi connectivity index (χ1) is 26.4. The topological polar surface area (TPSA) is 151 Å². The van der Waals surface area contributed by atoms with Crippen LogP contribution in [0.25, 0.3) is 33.2 Å². The molecule has 0 bridgehead atoms. The van der Waals surface area contributed by atoms with Gasteiger partial charge in [-0.3, -0.25) is 24.2 Å². The van der Waals surface area contributed by atoms with Crippen LogP contribution in [-0.2, 0) is 34.2 Å². The number of pyridine rings is 2. The van der Waals surface area contributed by atoms with E-state index in [0.717, 1.165) is 18.4 Å². The number of nitrogens with zero attached hydrogens (tertiary/aromatic N) is 6. The summed E-state index contributed by atoms with van der Waals surface area (Å²) in [5, 5.41) is 8.54. The first kappa shape index (κ1) is 37.4. The number of sulfonamides is 1. The summed E-state index contributed by atoms with van der Waals surface area (Å²) in [6, 6.07) is 8.67. The summed E-state index contributed by atoms with van der Waals surface area (Å²) in [4.78, 5) is 22.7. The number of hydrogen-bond acceptors (Lipinski definition) is 7.